The first-order valence-electron chi connectivity index (χ1n) is 9.99. The van der Waals surface area contributed by atoms with Crippen LogP contribution in [0.25, 0.3) is 0 Å². The van der Waals surface area contributed by atoms with Gasteiger partial charge in [-0.25, -0.2) is 8.42 Å². The average molecular weight is 435 g/mol. The van der Waals surface area contributed by atoms with Crippen molar-refractivity contribution < 1.29 is 18.0 Å². The summed E-state index contributed by atoms with van der Waals surface area (Å²) >= 11 is 0. The maximum atomic E-state index is 12.9. The third kappa shape index (κ3) is 4.36. The number of hydrogen-bond acceptors (Lipinski definition) is 4. The molecule has 0 radical (unpaired) electrons. The standard InChI is InChI=1S/C24H22N2O4S/c1-17(27)18-9-12-22(13-10-18)31(29,30)25-21-11-14-23-20(16-21)8-5-15-26(23)24(28)19-6-3-2-4-7-19/h2-4,6-7,9-14,16,25H,5,8,15H2,1H3. The largest absolute Gasteiger partial charge is 0.308 e. The van der Waals surface area contributed by atoms with E-state index in [1.807, 2.05) is 18.2 Å². The number of hydrogen-bond donors (Lipinski definition) is 1. The molecule has 0 spiro atoms. The van der Waals surface area contributed by atoms with Gasteiger partial charge in [-0.15, -0.1) is 0 Å². The van der Waals surface area contributed by atoms with Crippen molar-refractivity contribution in [1.82, 2.24) is 0 Å². The lowest BCUT2D eigenvalue weighted by atomic mass is 10.00. The number of Topliss-reactive ketones (excluding diaryl/α,β-unsaturated/α-hetero) is 1. The molecular formula is C24H22N2O4S. The average Bonchev–Trinajstić information content (AvgIpc) is 2.78. The Kier molecular flexibility index (Phi) is 5.61. The van der Waals surface area contributed by atoms with E-state index < -0.39 is 10.0 Å². The van der Waals surface area contributed by atoms with E-state index in [2.05, 4.69) is 4.72 Å². The number of anilines is 2. The fraction of sp³-hybridized carbons (Fsp3) is 0.167. The number of ketones is 1. The minimum Gasteiger partial charge on any atom is -0.308 e. The lowest BCUT2D eigenvalue weighted by Gasteiger charge is -2.30. The quantitative estimate of drug-likeness (QED) is 0.608. The summed E-state index contributed by atoms with van der Waals surface area (Å²) in [6, 6.07) is 20.2. The zero-order chi connectivity index (χ0) is 22.0. The van der Waals surface area contributed by atoms with Crippen LogP contribution in [0.2, 0.25) is 0 Å². The van der Waals surface area contributed by atoms with Gasteiger partial charge in [-0.05, 0) is 67.8 Å². The van der Waals surface area contributed by atoms with Gasteiger partial charge < -0.3 is 4.90 Å². The predicted octanol–water partition coefficient (Wildman–Crippen LogP) is 4.28. The first kappa shape index (κ1) is 20.8. The fourth-order valence-electron chi connectivity index (χ4n) is 3.69. The van der Waals surface area contributed by atoms with Crippen LogP contribution in [0.15, 0.2) is 77.7 Å². The van der Waals surface area contributed by atoms with E-state index in [1.165, 1.54) is 31.2 Å². The molecule has 6 nitrogen and oxygen atoms in total. The summed E-state index contributed by atoms with van der Waals surface area (Å²) in [6.07, 6.45) is 1.56. The Hall–Kier alpha value is -3.45. The second kappa shape index (κ2) is 8.35. The summed E-state index contributed by atoms with van der Waals surface area (Å²) in [7, 11) is -3.80. The van der Waals surface area contributed by atoms with Crippen molar-refractivity contribution in [2.75, 3.05) is 16.2 Å². The number of amides is 1. The normalized spacial score (nSPS) is 13.4. The van der Waals surface area contributed by atoms with Gasteiger partial charge >= 0.3 is 0 Å². The number of benzene rings is 3. The highest BCUT2D eigenvalue weighted by atomic mass is 32.2. The predicted molar refractivity (Wildman–Crippen MR) is 120 cm³/mol. The zero-order valence-electron chi connectivity index (χ0n) is 17.0. The number of aryl methyl sites for hydroxylation is 1. The van der Waals surface area contributed by atoms with Gasteiger partial charge in [0.25, 0.3) is 15.9 Å². The lowest BCUT2D eigenvalue weighted by molar-refractivity contribution is 0.0983. The monoisotopic (exact) mass is 434 g/mol. The summed E-state index contributed by atoms with van der Waals surface area (Å²) in [6.45, 7) is 2.05. The van der Waals surface area contributed by atoms with E-state index in [0.29, 0.717) is 23.4 Å². The molecule has 0 saturated carbocycles. The highest BCUT2D eigenvalue weighted by Gasteiger charge is 2.24. The summed E-state index contributed by atoms with van der Waals surface area (Å²) < 4.78 is 28.1. The van der Waals surface area contributed by atoms with Crippen LogP contribution >= 0.6 is 0 Å². The molecule has 0 bridgehead atoms. The van der Waals surface area contributed by atoms with Gasteiger partial charge in [0.1, 0.15) is 0 Å². The number of carbonyl (C=O) groups is 2. The zero-order valence-corrected chi connectivity index (χ0v) is 17.9. The van der Waals surface area contributed by atoms with Crippen molar-refractivity contribution in [2.24, 2.45) is 0 Å². The molecule has 0 saturated heterocycles. The molecule has 0 aliphatic carbocycles. The number of nitrogens with zero attached hydrogens (tertiary/aromatic N) is 1. The molecule has 1 aliphatic rings. The van der Waals surface area contributed by atoms with Gasteiger partial charge in [-0.2, -0.15) is 0 Å². The molecule has 3 aromatic rings. The van der Waals surface area contributed by atoms with Gasteiger partial charge in [-0.1, -0.05) is 30.3 Å². The summed E-state index contributed by atoms with van der Waals surface area (Å²) in [4.78, 5) is 26.2. The van der Waals surface area contributed by atoms with Crippen molar-refractivity contribution >= 4 is 33.1 Å². The molecule has 1 heterocycles. The fourth-order valence-corrected chi connectivity index (χ4v) is 4.74. The van der Waals surface area contributed by atoms with Crippen LogP contribution in [0.5, 0.6) is 0 Å². The van der Waals surface area contributed by atoms with E-state index in [0.717, 1.165) is 24.1 Å². The van der Waals surface area contributed by atoms with Gasteiger partial charge in [0.05, 0.1) is 4.90 Å². The van der Waals surface area contributed by atoms with Crippen molar-refractivity contribution in [1.29, 1.82) is 0 Å². The van der Waals surface area contributed by atoms with Crippen LogP contribution in [-0.2, 0) is 16.4 Å². The number of fused-ring (bicyclic) bond motifs is 1. The molecule has 1 N–H and O–H groups in total. The number of sulfonamides is 1. The molecule has 1 amide bonds. The minimum absolute atomic E-state index is 0.0690. The van der Waals surface area contributed by atoms with Crippen LogP contribution in [0.3, 0.4) is 0 Å². The Balaban J connectivity index is 1.58. The van der Waals surface area contributed by atoms with Crippen LogP contribution in [0.4, 0.5) is 11.4 Å². The van der Waals surface area contributed by atoms with Crippen molar-refractivity contribution in [3.05, 3.63) is 89.5 Å². The molecule has 0 atom stereocenters. The summed E-state index contributed by atoms with van der Waals surface area (Å²) in [5.41, 5.74) is 3.23. The SMILES string of the molecule is CC(=O)c1ccc(S(=O)(=O)Nc2ccc3c(c2)CCCN3C(=O)c2ccccc2)cc1. The maximum absolute atomic E-state index is 12.9. The molecule has 0 fully saturated rings. The molecule has 1 aliphatic heterocycles. The third-order valence-electron chi connectivity index (χ3n) is 5.29. The van der Waals surface area contributed by atoms with Gasteiger partial charge in [-0.3, -0.25) is 14.3 Å². The Morgan fingerprint density at radius 3 is 2.29 bits per heavy atom. The topological polar surface area (TPSA) is 83.6 Å². The first-order chi connectivity index (χ1) is 14.8. The molecule has 158 valence electrons. The number of rotatable bonds is 5. The molecular weight excluding hydrogens is 412 g/mol. The van der Waals surface area contributed by atoms with Crippen LogP contribution in [0, 0.1) is 0 Å². The minimum atomic E-state index is -3.80. The van der Waals surface area contributed by atoms with Gasteiger partial charge in [0, 0.05) is 29.0 Å². The van der Waals surface area contributed by atoms with E-state index >= 15 is 0 Å². The second-order valence-corrected chi connectivity index (χ2v) is 9.14. The smallest absolute Gasteiger partial charge is 0.261 e. The van der Waals surface area contributed by atoms with Crippen molar-refractivity contribution in [3.63, 3.8) is 0 Å². The van der Waals surface area contributed by atoms with Gasteiger partial charge in [0.2, 0.25) is 0 Å². The van der Waals surface area contributed by atoms with Crippen LogP contribution in [0.1, 0.15) is 39.6 Å². The molecule has 0 aromatic heterocycles. The highest BCUT2D eigenvalue weighted by molar-refractivity contribution is 7.92. The maximum Gasteiger partial charge on any atom is 0.261 e. The van der Waals surface area contributed by atoms with E-state index in [-0.39, 0.29) is 16.6 Å². The van der Waals surface area contributed by atoms with E-state index in [4.69, 9.17) is 0 Å². The molecule has 0 unspecified atom stereocenters. The molecule has 4 rings (SSSR count). The van der Waals surface area contributed by atoms with Crippen LogP contribution < -0.4 is 9.62 Å². The number of nitrogens with one attached hydrogen (secondary N) is 1. The molecule has 3 aromatic carbocycles. The second-order valence-electron chi connectivity index (χ2n) is 7.46. The Labute approximate surface area is 181 Å². The molecule has 31 heavy (non-hydrogen) atoms. The Morgan fingerprint density at radius 1 is 0.903 bits per heavy atom. The summed E-state index contributed by atoms with van der Waals surface area (Å²) in [5.74, 6) is -0.193. The molecule has 7 heteroatoms. The first-order valence-corrected chi connectivity index (χ1v) is 11.5. The third-order valence-corrected chi connectivity index (χ3v) is 6.68. The van der Waals surface area contributed by atoms with Gasteiger partial charge in [0.15, 0.2) is 5.78 Å². The van der Waals surface area contributed by atoms with E-state index in [1.54, 1.807) is 35.2 Å². The Morgan fingerprint density at radius 2 is 1.61 bits per heavy atom. The van der Waals surface area contributed by atoms with E-state index in [9.17, 15) is 18.0 Å². The highest BCUT2D eigenvalue weighted by Crippen LogP contribution is 2.31. The van der Waals surface area contributed by atoms with Crippen molar-refractivity contribution in [2.45, 2.75) is 24.7 Å². The van der Waals surface area contributed by atoms with Crippen LogP contribution in [-0.4, -0.2) is 26.7 Å². The number of carbonyl (C=O) groups excluding carboxylic acids is 2. The lowest BCUT2D eigenvalue weighted by Crippen LogP contribution is -2.35. The Bertz CT molecular complexity index is 1240. The van der Waals surface area contributed by atoms with Crippen molar-refractivity contribution in [3.8, 4) is 0 Å². The summed E-state index contributed by atoms with van der Waals surface area (Å²) in [5, 5.41) is 0.